The molecule has 0 saturated carbocycles. The van der Waals surface area contributed by atoms with Gasteiger partial charge in [-0.2, -0.15) is 0 Å². The molecule has 3 aromatic heterocycles. The molecule has 0 aliphatic heterocycles. The van der Waals surface area contributed by atoms with Crippen LogP contribution in [-0.4, -0.2) is 19.6 Å². The van der Waals surface area contributed by atoms with Crippen LogP contribution in [0.3, 0.4) is 0 Å². The van der Waals surface area contributed by atoms with Crippen molar-refractivity contribution in [2.45, 2.75) is 0 Å². The first-order valence-electron chi connectivity index (χ1n) is 4.17. The number of aromatic nitrogens is 4. The van der Waals surface area contributed by atoms with Crippen molar-refractivity contribution in [2.24, 2.45) is 0 Å². The first-order valence-corrected chi connectivity index (χ1v) is 4.17. The highest BCUT2D eigenvalue weighted by atomic mass is 16.1. The molecule has 1 N–H and O–H groups in total. The predicted octanol–water partition coefficient (Wildman–Crippen LogP) is 0.571. The summed E-state index contributed by atoms with van der Waals surface area (Å²) in [6, 6.07) is 4.99. The molecule has 5 nitrogen and oxygen atoms in total. The van der Waals surface area contributed by atoms with Gasteiger partial charge in [-0.1, -0.05) is 0 Å². The van der Waals surface area contributed by atoms with Gasteiger partial charge in [0.2, 0.25) is 5.56 Å². The highest BCUT2D eigenvalue weighted by Gasteiger charge is 2.04. The molecular weight excluding hydrogens is 180 g/mol. The van der Waals surface area contributed by atoms with Gasteiger partial charge in [0.25, 0.3) is 0 Å². The molecule has 3 aromatic rings. The van der Waals surface area contributed by atoms with E-state index in [9.17, 15) is 4.79 Å². The third kappa shape index (κ3) is 0.861. The number of nitrogens with one attached hydrogen (secondary N) is 1. The topological polar surface area (TPSA) is 63.1 Å². The number of fused-ring (bicyclic) bond motifs is 3. The third-order valence-corrected chi connectivity index (χ3v) is 2.07. The van der Waals surface area contributed by atoms with Crippen LogP contribution in [0.4, 0.5) is 0 Å². The number of nitrogens with zero attached hydrogens (tertiary/aromatic N) is 3. The molecule has 0 bridgehead atoms. The Hall–Kier alpha value is -2.17. The molecule has 0 radical (unpaired) electrons. The zero-order valence-corrected chi connectivity index (χ0v) is 7.14. The van der Waals surface area contributed by atoms with E-state index >= 15 is 0 Å². The molecule has 0 aliphatic rings. The summed E-state index contributed by atoms with van der Waals surface area (Å²) in [4.78, 5) is 17.9. The van der Waals surface area contributed by atoms with Crippen molar-refractivity contribution >= 4 is 16.7 Å². The van der Waals surface area contributed by atoms with Gasteiger partial charge in [0, 0.05) is 18.5 Å². The second kappa shape index (κ2) is 2.41. The van der Waals surface area contributed by atoms with E-state index in [2.05, 4.69) is 15.1 Å². The minimum Gasteiger partial charge on any atom is -0.305 e. The summed E-state index contributed by atoms with van der Waals surface area (Å²) in [5.74, 6) is 0. The molecule has 68 valence electrons. The maximum absolute atomic E-state index is 11.0. The summed E-state index contributed by atoms with van der Waals surface area (Å²) in [6.07, 6.45) is 3.49. The number of hydrogen-bond acceptors (Lipinski definition) is 3. The molecule has 0 amide bonds. The highest BCUT2D eigenvalue weighted by Crippen LogP contribution is 2.12. The second-order valence-corrected chi connectivity index (χ2v) is 2.97. The quantitative estimate of drug-likeness (QED) is 0.558. The molecule has 0 aliphatic carbocycles. The van der Waals surface area contributed by atoms with E-state index in [1.807, 2.05) is 0 Å². The Kier molecular flexibility index (Phi) is 1.25. The Morgan fingerprint density at radius 3 is 3.21 bits per heavy atom. The highest BCUT2D eigenvalue weighted by molar-refractivity contribution is 5.88. The molecule has 0 unspecified atom stereocenters. The lowest BCUT2D eigenvalue weighted by atomic mass is 10.3. The molecule has 0 atom stereocenters. The fourth-order valence-corrected chi connectivity index (χ4v) is 1.47. The fraction of sp³-hybridized carbons (Fsp3) is 0. The Morgan fingerprint density at radius 1 is 1.36 bits per heavy atom. The average molecular weight is 186 g/mol. The van der Waals surface area contributed by atoms with Crippen LogP contribution in [0.25, 0.3) is 16.7 Å². The van der Waals surface area contributed by atoms with Gasteiger partial charge in [-0.05, 0) is 12.1 Å². The number of rotatable bonds is 0. The molecule has 3 rings (SSSR count). The molecule has 3 heterocycles. The van der Waals surface area contributed by atoms with Gasteiger partial charge in [-0.15, -0.1) is 5.10 Å². The van der Waals surface area contributed by atoms with E-state index in [1.165, 1.54) is 6.07 Å². The maximum atomic E-state index is 11.0. The SMILES string of the molecule is O=c1ccc2c(nn3cccnc23)[nH]1. The van der Waals surface area contributed by atoms with Crippen LogP contribution in [0.5, 0.6) is 0 Å². The Labute approximate surface area is 78.0 Å². The molecule has 5 heteroatoms. The Bertz CT molecular complexity index is 667. The van der Waals surface area contributed by atoms with Crippen molar-refractivity contribution < 1.29 is 0 Å². The van der Waals surface area contributed by atoms with Gasteiger partial charge in [0.05, 0.1) is 5.39 Å². The zero-order valence-electron chi connectivity index (χ0n) is 7.14. The lowest BCUT2D eigenvalue weighted by Gasteiger charge is -1.87. The van der Waals surface area contributed by atoms with Crippen molar-refractivity contribution in [3.8, 4) is 0 Å². The van der Waals surface area contributed by atoms with E-state index in [1.54, 1.807) is 29.0 Å². The summed E-state index contributed by atoms with van der Waals surface area (Å²) in [7, 11) is 0. The average Bonchev–Trinajstić information content (AvgIpc) is 2.54. The van der Waals surface area contributed by atoms with Crippen molar-refractivity contribution in [3.63, 3.8) is 0 Å². The molecule has 14 heavy (non-hydrogen) atoms. The van der Waals surface area contributed by atoms with Crippen LogP contribution in [0.1, 0.15) is 0 Å². The number of hydrogen-bond donors (Lipinski definition) is 1. The second-order valence-electron chi connectivity index (χ2n) is 2.97. The van der Waals surface area contributed by atoms with Crippen LogP contribution in [-0.2, 0) is 0 Å². The molecule has 0 spiro atoms. The first kappa shape index (κ1) is 7.25. The monoisotopic (exact) mass is 186 g/mol. The van der Waals surface area contributed by atoms with Crippen LogP contribution in [0.2, 0.25) is 0 Å². The van der Waals surface area contributed by atoms with Crippen molar-refractivity contribution in [1.82, 2.24) is 19.6 Å². The third-order valence-electron chi connectivity index (χ3n) is 2.07. The Balaban J connectivity index is 2.63. The number of aromatic amines is 1. The first-order chi connectivity index (χ1) is 6.84. The van der Waals surface area contributed by atoms with Crippen molar-refractivity contribution in [2.75, 3.05) is 0 Å². The standard InChI is InChI=1S/C9H6N4O/c14-7-3-2-6-8(11-7)12-13-5-1-4-10-9(6)13/h1-5H,(H,11,12,14). The van der Waals surface area contributed by atoms with Gasteiger partial charge in [-0.25, -0.2) is 9.50 Å². The van der Waals surface area contributed by atoms with Gasteiger partial charge in [0.15, 0.2) is 11.3 Å². The summed E-state index contributed by atoms with van der Waals surface area (Å²) in [6.45, 7) is 0. The van der Waals surface area contributed by atoms with Crippen LogP contribution in [0.15, 0.2) is 35.4 Å². The molecule has 0 fully saturated rings. The van der Waals surface area contributed by atoms with E-state index in [-0.39, 0.29) is 5.56 Å². The van der Waals surface area contributed by atoms with Gasteiger partial charge in [0.1, 0.15) is 0 Å². The summed E-state index contributed by atoms with van der Waals surface area (Å²) in [5.41, 5.74) is 1.16. The summed E-state index contributed by atoms with van der Waals surface area (Å²) in [5, 5.41) is 5.03. The molecule has 0 saturated heterocycles. The number of pyridine rings is 1. The van der Waals surface area contributed by atoms with Gasteiger partial charge in [-0.3, -0.25) is 4.79 Å². The number of H-pyrrole nitrogens is 1. The summed E-state index contributed by atoms with van der Waals surface area (Å²) < 4.78 is 1.64. The molecular formula is C9H6N4O. The fourth-order valence-electron chi connectivity index (χ4n) is 1.47. The van der Waals surface area contributed by atoms with E-state index < -0.39 is 0 Å². The minimum atomic E-state index is -0.152. The maximum Gasteiger partial charge on any atom is 0.249 e. The van der Waals surface area contributed by atoms with E-state index in [0.717, 1.165) is 11.0 Å². The zero-order chi connectivity index (χ0) is 9.54. The lowest BCUT2D eigenvalue weighted by molar-refractivity contribution is 0.946. The van der Waals surface area contributed by atoms with Crippen molar-refractivity contribution in [1.29, 1.82) is 0 Å². The minimum absolute atomic E-state index is 0.152. The van der Waals surface area contributed by atoms with E-state index in [0.29, 0.717) is 5.65 Å². The smallest absolute Gasteiger partial charge is 0.249 e. The Morgan fingerprint density at radius 2 is 2.29 bits per heavy atom. The predicted molar refractivity (Wildman–Crippen MR) is 51.1 cm³/mol. The normalized spacial score (nSPS) is 11.1. The van der Waals surface area contributed by atoms with Crippen LogP contribution < -0.4 is 5.56 Å². The van der Waals surface area contributed by atoms with Crippen molar-refractivity contribution in [3.05, 3.63) is 40.9 Å². The summed E-state index contributed by atoms with van der Waals surface area (Å²) >= 11 is 0. The molecule has 0 aromatic carbocycles. The van der Waals surface area contributed by atoms with Crippen LogP contribution in [0, 0.1) is 0 Å². The lowest BCUT2D eigenvalue weighted by Crippen LogP contribution is -2.01. The van der Waals surface area contributed by atoms with Crippen LogP contribution >= 0.6 is 0 Å². The van der Waals surface area contributed by atoms with Gasteiger partial charge < -0.3 is 4.98 Å². The largest absolute Gasteiger partial charge is 0.305 e. The van der Waals surface area contributed by atoms with E-state index in [4.69, 9.17) is 0 Å². The van der Waals surface area contributed by atoms with Gasteiger partial charge >= 0.3 is 0 Å².